The summed E-state index contributed by atoms with van der Waals surface area (Å²) in [5.74, 6) is 3.23. The van der Waals surface area contributed by atoms with Crippen LogP contribution in [-0.4, -0.2) is 34.9 Å². The van der Waals surface area contributed by atoms with Crippen molar-refractivity contribution in [1.82, 2.24) is 9.88 Å². The molecule has 3 atom stereocenters. The summed E-state index contributed by atoms with van der Waals surface area (Å²) in [6, 6.07) is 4.77. The standard InChI is InChI=1S/C23H27N3O/c1-13-14(2)22-21(20-19(13)5-4-6-24-20)25-12-23(27-22)17-8-15-7-16(9-17)11-18(10-15)26(23)3/h4-6,12,15-18H,7-11H2,1-3H3. The minimum Gasteiger partial charge on any atom is -0.464 e. The van der Waals surface area contributed by atoms with Gasteiger partial charge in [-0.3, -0.25) is 9.88 Å². The van der Waals surface area contributed by atoms with Crippen LogP contribution in [0.25, 0.3) is 10.9 Å². The Morgan fingerprint density at radius 3 is 2.63 bits per heavy atom. The Morgan fingerprint density at radius 2 is 1.85 bits per heavy atom. The third-order valence-electron chi connectivity index (χ3n) is 8.00. The summed E-state index contributed by atoms with van der Waals surface area (Å²) >= 11 is 0. The van der Waals surface area contributed by atoms with Gasteiger partial charge in [-0.2, -0.15) is 0 Å². The van der Waals surface area contributed by atoms with Crippen molar-refractivity contribution in [1.29, 1.82) is 0 Å². The van der Waals surface area contributed by atoms with Gasteiger partial charge in [-0.1, -0.05) is 6.07 Å². The van der Waals surface area contributed by atoms with Crippen molar-refractivity contribution in [3.05, 3.63) is 29.5 Å². The van der Waals surface area contributed by atoms with E-state index in [1.54, 1.807) is 0 Å². The van der Waals surface area contributed by atoms with Gasteiger partial charge in [0, 0.05) is 23.5 Å². The average molecular weight is 361 g/mol. The summed E-state index contributed by atoms with van der Waals surface area (Å²) in [6.07, 6.45) is 10.6. The molecule has 5 aliphatic rings. The molecule has 1 aromatic heterocycles. The van der Waals surface area contributed by atoms with Crippen LogP contribution in [0.3, 0.4) is 0 Å². The molecule has 27 heavy (non-hydrogen) atoms. The maximum Gasteiger partial charge on any atom is 0.202 e. The van der Waals surface area contributed by atoms with Crippen LogP contribution in [0, 0.1) is 31.6 Å². The molecule has 0 N–H and O–H groups in total. The molecule has 2 saturated heterocycles. The molecular weight excluding hydrogens is 334 g/mol. The number of pyridine rings is 1. The Balaban J connectivity index is 1.55. The van der Waals surface area contributed by atoms with Crippen LogP contribution in [0.1, 0.15) is 43.2 Å². The minimum atomic E-state index is -0.388. The van der Waals surface area contributed by atoms with Gasteiger partial charge in [-0.15, -0.1) is 0 Å². The summed E-state index contributed by atoms with van der Waals surface area (Å²) in [5.41, 5.74) is 3.95. The van der Waals surface area contributed by atoms with Crippen LogP contribution in [0.2, 0.25) is 0 Å². The summed E-state index contributed by atoms with van der Waals surface area (Å²) in [4.78, 5) is 12.2. The van der Waals surface area contributed by atoms with Gasteiger partial charge in [0.25, 0.3) is 0 Å². The fourth-order valence-corrected chi connectivity index (χ4v) is 6.54. The van der Waals surface area contributed by atoms with Crippen LogP contribution in [0.15, 0.2) is 23.3 Å². The molecule has 4 heteroatoms. The van der Waals surface area contributed by atoms with Crippen molar-refractivity contribution in [3.8, 4) is 5.75 Å². The van der Waals surface area contributed by atoms with E-state index in [1.165, 1.54) is 48.6 Å². The molecule has 1 spiro atoms. The number of benzene rings is 1. The highest BCUT2D eigenvalue weighted by molar-refractivity contribution is 5.98. The monoisotopic (exact) mass is 361 g/mol. The van der Waals surface area contributed by atoms with Gasteiger partial charge in [0.2, 0.25) is 5.72 Å². The highest BCUT2D eigenvalue weighted by Crippen LogP contribution is 2.55. The smallest absolute Gasteiger partial charge is 0.202 e. The lowest BCUT2D eigenvalue weighted by Gasteiger charge is -2.46. The normalized spacial score (nSPS) is 36.9. The molecule has 2 aliphatic carbocycles. The second kappa shape index (κ2) is 5.32. The molecule has 7 rings (SSSR count). The fourth-order valence-electron chi connectivity index (χ4n) is 6.54. The first-order valence-electron chi connectivity index (χ1n) is 10.4. The SMILES string of the molecule is Cc1c2c(c3ncccc3c1C)N=CC1(O2)C2CC3CC(CC(C3)N1C)C2. The Labute approximate surface area is 160 Å². The first kappa shape index (κ1) is 16.1. The number of rotatable bonds is 0. The van der Waals surface area contributed by atoms with E-state index in [9.17, 15) is 0 Å². The van der Waals surface area contributed by atoms with Crippen LogP contribution >= 0.6 is 0 Å². The van der Waals surface area contributed by atoms with Crippen molar-refractivity contribution >= 4 is 22.8 Å². The van der Waals surface area contributed by atoms with Crippen LogP contribution in [0.5, 0.6) is 5.75 Å². The molecule has 2 saturated carbocycles. The lowest BCUT2D eigenvalue weighted by molar-refractivity contribution is -0.0627. The Bertz CT molecular complexity index is 969. The van der Waals surface area contributed by atoms with E-state index in [0.29, 0.717) is 12.0 Å². The quantitative estimate of drug-likeness (QED) is 0.677. The van der Waals surface area contributed by atoms with Gasteiger partial charge < -0.3 is 4.74 Å². The van der Waals surface area contributed by atoms with E-state index in [2.05, 4.69) is 43.1 Å². The lowest BCUT2D eigenvalue weighted by atomic mass is 9.67. The number of aromatic nitrogens is 1. The Morgan fingerprint density at radius 1 is 1.07 bits per heavy atom. The zero-order valence-electron chi connectivity index (χ0n) is 16.4. The summed E-state index contributed by atoms with van der Waals surface area (Å²) < 4.78 is 6.99. The van der Waals surface area contributed by atoms with E-state index < -0.39 is 0 Å². The van der Waals surface area contributed by atoms with Crippen LogP contribution in [0.4, 0.5) is 5.69 Å². The van der Waals surface area contributed by atoms with E-state index in [1.807, 2.05) is 12.3 Å². The van der Waals surface area contributed by atoms with Crippen molar-refractivity contribution < 1.29 is 4.74 Å². The first-order valence-corrected chi connectivity index (χ1v) is 10.4. The Hall–Kier alpha value is -1.94. The number of hydrogen-bond donors (Lipinski definition) is 0. The zero-order chi connectivity index (χ0) is 18.3. The van der Waals surface area contributed by atoms with E-state index in [-0.39, 0.29) is 5.72 Å². The molecule has 140 valence electrons. The van der Waals surface area contributed by atoms with Crippen LogP contribution in [-0.2, 0) is 0 Å². The maximum absolute atomic E-state index is 6.99. The van der Waals surface area contributed by atoms with Crippen molar-refractivity contribution in [2.24, 2.45) is 22.7 Å². The predicted molar refractivity (Wildman–Crippen MR) is 108 cm³/mol. The third-order valence-corrected chi connectivity index (χ3v) is 8.00. The number of aryl methyl sites for hydroxylation is 1. The Kier molecular flexibility index (Phi) is 3.16. The molecular formula is C23H27N3O. The summed E-state index contributed by atoms with van der Waals surface area (Å²) in [5, 5.41) is 1.18. The van der Waals surface area contributed by atoms with E-state index >= 15 is 0 Å². The molecule has 4 bridgehead atoms. The number of nitrogens with zero attached hydrogens (tertiary/aromatic N) is 3. The molecule has 1 aromatic carbocycles. The van der Waals surface area contributed by atoms with Gasteiger partial charge in [0.15, 0.2) is 5.75 Å². The molecule has 0 radical (unpaired) electrons. The van der Waals surface area contributed by atoms with Gasteiger partial charge in [-0.05, 0) is 82.0 Å². The largest absolute Gasteiger partial charge is 0.464 e. The van der Waals surface area contributed by atoms with Crippen molar-refractivity contribution in [2.75, 3.05) is 7.05 Å². The lowest BCUT2D eigenvalue weighted by Crippen LogP contribution is -2.59. The highest BCUT2D eigenvalue weighted by Gasteiger charge is 2.56. The average Bonchev–Trinajstić information content (AvgIpc) is 2.80. The van der Waals surface area contributed by atoms with Crippen molar-refractivity contribution in [2.45, 2.75) is 57.7 Å². The van der Waals surface area contributed by atoms with E-state index in [0.717, 1.165) is 28.8 Å². The molecule has 4 fully saturated rings. The molecule has 0 amide bonds. The molecule has 2 aromatic rings. The van der Waals surface area contributed by atoms with Crippen molar-refractivity contribution in [3.63, 3.8) is 0 Å². The fraction of sp³-hybridized carbons (Fsp3) is 0.565. The summed E-state index contributed by atoms with van der Waals surface area (Å²) in [6.45, 7) is 4.35. The number of fused-ring (bicyclic) bond motifs is 3. The highest BCUT2D eigenvalue weighted by atomic mass is 16.5. The van der Waals surface area contributed by atoms with E-state index in [4.69, 9.17) is 9.73 Å². The number of ether oxygens (including phenoxy) is 1. The number of hydrogen-bond acceptors (Lipinski definition) is 4. The van der Waals surface area contributed by atoms with Crippen LogP contribution < -0.4 is 4.74 Å². The first-order chi connectivity index (χ1) is 13.1. The second-order valence-electron chi connectivity index (χ2n) is 9.31. The molecule has 3 aliphatic heterocycles. The van der Waals surface area contributed by atoms with Gasteiger partial charge >= 0.3 is 0 Å². The predicted octanol–water partition coefficient (Wildman–Crippen LogP) is 4.78. The molecule has 3 unspecified atom stereocenters. The molecule has 4 heterocycles. The third kappa shape index (κ3) is 2.02. The minimum absolute atomic E-state index is 0.388. The zero-order valence-corrected chi connectivity index (χ0v) is 16.4. The number of aliphatic imine (C=N–C) groups is 1. The summed E-state index contributed by atoms with van der Waals surface area (Å²) in [7, 11) is 2.27. The topological polar surface area (TPSA) is 37.7 Å². The molecule has 4 nitrogen and oxygen atoms in total. The van der Waals surface area contributed by atoms with Gasteiger partial charge in [-0.25, -0.2) is 4.99 Å². The maximum atomic E-state index is 6.99. The van der Waals surface area contributed by atoms with Gasteiger partial charge in [0.05, 0.1) is 11.7 Å². The van der Waals surface area contributed by atoms with Gasteiger partial charge in [0.1, 0.15) is 5.69 Å². The second-order valence-corrected chi connectivity index (χ2v) is 9.31.